The number of amides is 1. The van der Waals surface area contributed by atoms with Gasteiger partial charge in [-0.1, -0.05) is 13.8 Å². The van der Waals surface area contributed by atoms with E-state index in [1.165, 1.54) is 4.68 Å². The SMILES string of the molecule is Cn1cc(N)c(C(=O)NCC2(O)CCC(C)(C)CC2)n1. The van der Waals surface area contributed by atoms with Crippen molar-refractivity contribution in [3.05, 3.63) is 11.9 Å². The summed E-state index contributed by atoms with van der Waals surface area (Å²) in [5, 5.41) is 17.3. The number of carbonyl (C=O) groups excluding carboxylic acids is 1. The van der Waals surface area contributed by atoms with Gasteiger partial charge in [0.05, 0.1) is 11.3 Å². The second-order valence-electron chi connectivity index (χ2n) is 6.68. The quantitative estimate of drug-likeness (QED) is 0.772. The van der Waals surface area contributed by atoms with Crippen LogP contribution in [-0.4, -0.2) is 32.9 Å². The molecule has 0 aliphatic heterocycles. The van der Waals surface area contributed by atoms with Gasteiger partial charge in [-0.05, 0) is 31.1 Å². The van der Waals surface area contributed by atoms with Gasteiger partial charge >= 0.3 is 0 Å². The predicted octanol–water partition coefficient (Wildman–Crippen LogP) is 1.06. The third kappa shape index (κ3) is 3.30. The highest BCUT2D eigenvalue weighted by Crippen LogP contribution is 2.39. The Morgan fingerprint density at radius 1 is 1.45 bits per heavy atom. The molecule has 20 heavy (non-hydrogen) atoms. The molecule has 1 aliphatic carbocycles. The summed E-state index contributed by atoms with van der Waals surface area (Å²) >= 11 is 0. The van der Waals surface area contributed by atoms with Gasteiger partial charge in [-0.25, -0.2) is 0 Å². The van der Waals surface area contributed by atoms with Gasteiger partial charge in [0.25, 0.3) is 5.91 Å². The average Bonchev–Trinajstić information content (AvgIpc) is 2.70. The van der Waals surface area contributed by atoms with Crippen molar-refractivity contribution in [1.29, 1.82) is 0 Å². The fraction of sp³-hybridized carbons (Fsp3) is 0.714. The van der Waals surface area contributed by atoms with Crippen LogP contribution in [0.5, 0.6) is 0 Å². The smallest absolute Gasteiger partial charge is 0.274 e. The predicted molar refractivity (Wildman–Crippen MR) is 77.2 cm³/mol. The number of anilines is 1. The van der Waals surface area contributed by atoms with Crippen LogP contribution in [0, 0.1) is 5.41 Å². The van der Waals surface area contributed by atoms with E-state index in [1.807, 2.05) is 0 Å². The van der Waals surface area contributed by atoms with Crippen molar-refractivity contribution in [1.82, 2.24) is 15.1 Å². The minimum Gasteiger partial charge on any atom is -0.396 e. The summed E-state index contributed by atoms with van der Waals surface area (Å²) in [4.78, 5) is 12.0. The Bertz CT molecular complexity index is 497. The summed E-state index contributed by atoms with van der Waals surface area (Å²) in [7, 11) is 1.71. The van der Waals surface area contributed by atoms with E-state index in [9.17, 15) is 9.90 Å². The zero-order chi connectivity index (χ0) is 15.0. The van der Waals surface area contributed by atoms with Gasteiger partial charge < -0.3 is 16.2 Å². The summed E-state index contributed by atoms with van der Waals surface area (Å²) in [6.45, 7) is 4.66. The summed E-state index contributed by atoms with van der Waals surface area (Å²) in [5.74, 6) is -0.332. The number of hydrogen-bond acceptors (Lipinski definition) is 4. The first-order valence-corrected chi connectivity index (χ1v) is 7.01. The van der Waals surface area contributed by atoms with Gasteiger partial charge in [-0.15, -0.1) is 0 Å². The summed E-state index contributed by atoms with van der Waals surface area (Å²) in [6, 6.07) is 0. The number of hydrogen-bond donors (Lipinski definition) is 3. The van der Waals surface area contributed by atoms with Gasteiger partial charge in [0.2, 0.25) is 0 Å². The van der Waals surface area contributed by atoms with Crippen LogP contribution in [0.25, 0.3) is 0 Å². The molecule has 1 fully saturated rings. The van der Waals surface area contributed by atoms with Crippen LogP contribution in [-0.2, 0) is 7.05 Å². The molecule has 1 aromatic heterocycles. The second kappa shape index (κ2) is 5.09. The van der Waals surface area contributed by atoms with Gasteiger partial charge in [0.15, 0.2) is 5.69 Å². The van der Waals surface area contributed by atoms with E-state index >= 15 is 0 Å². The minimum atomic E-state index is -0.811. The maximum Gasteiger partial charge on any atom is 0.274 e. The van der Waals surface area contributed by atoms with Crippen LogP contribution in [0.2, 0.25) is 0 Å². The van der Waals surface area contributed by atoms with Crippen molar-refractivity contribution in [2.45, 2.75) is 45.1 Å². The standard InChI is InChI=1S/C14H24N4O2/c1-13(2)4-6-14(20,7-5-13)9-16-12(19)11-10(15)8-18(3)17-11/h8,20H,4-7,9,15H2,1-3H3,(H,16,19). The van der Waals surface area contributed by atoms with Crippen molar-refractivity contribution < 1.29 is 9.90 Å². The highest BCUT2D eigenvalue weighted by Gasteiger charge is 2.37. The first-order chi connectivity index (χ1) is 9.21. The summed E-state index contributed by atoms with van der Waals surface area (Å²) in [6.07, 6.45) is 4.93. The Labute approximate surface area is 119 Å². The number of nitrogens with one attached hydrogen (secondary N) is 1. The van der Waals surface area contributed by atoms with E-state index in [1.54, 1.807) is 13.2 Å². The Kier molecular flexibility index (Phi) is 3.77. The molecule has 0 saturated heterocycles. The molecule has 4 N–H and O–H groups in total. The Morgan fingerprint density at radius 2 is 2.05 bits per heavy atom. The molecule has 1 aromatic rings. The monoisotopic (exact) mass is 280 g/mol. The van der Waals surface area contributed by atoms with Crippen LogP contribution >= 0.6 is 0 Å². The Balaban J connectivity index is 1.92. The van der Waals surface area contributed by atoms with Crippen LogP contribution in [0.4, 0.5) is 5.69 Å². The molecule has 1 saturated carbocycles. The zero-order valence-electron chi connectivity index (χ0n) is 12.4. The number of aromatic nitrogens is 2. The Morgan fingerprint density at radius 3 is 2.55 bits per heavy atom. The molecule has 0 bridgehead atoms. The van der Waals surface area contributed by atoms with E-state index in [2.05, 4.69) is 24.3 Å². The van der Waals surface area contributed by atoms with Crippen LogP contribution in [0.3, 0.4) is 0 Å². The average molecular weight is 280 g/mol. The van der Waals surface area contributed by atoms with Crippen LogP contribution in [0.15, 0.2) is 6.20 Å². The maximum absolute atomic E-state index is 12.0. The van der Waals surface area contributed by atoms with Crippen LogP contribution < -0.4 is 11.1 Å². The van der Waals surface area contributed by atoms with Gasteiger partial charge in [-0.3, -0.25) is 9.48 Å². The van der Waals surface area contributed by atoms with Crippen molar-refractivity contribution in [3.63, 3.8) is 0 Å². The molecule has 0 atom stereocenters. The lowest BCUT2D eigenvalue weighted by Gasteiger charge is -2.40. The van der Waals surface area contributed by atoms with E-state index in [0.717, 1.165) is 12.8 Å². The highest BCUT2D eigenvalue weighted by atomic mass is 16.3. The van der Waals surface area contributed by atoms with Gasteiger partial charge in [-0.2, -0.15) is 5.10 Å². The number of nitrogens with zero attached hydrogens (tertiary/aromatic N) is 2. The molecule has 0 radical (unpaired) electrons. The minimum absolute atomic E-state index is 0.215. The molecule has 0 spiro atoms. The number of nitrogen functional groups attached to an aromatic ring is 1. The fourth-order valence-corrected chi connectivity index (χ4v) is 2.58. The molecule has 0 unspecified atom stereocenters. The Hall–Kier alpha value is -1.56. The molecular weight excluding hydrogens is 256 g/mol. The third-order valence-corrected chi connectivity index (χ3v) is 4.18. The van der Waals surface area contributed by atoms with Crippen LogP contribution in [0.1, 0.15) is 50.0 Å². The molecule has 0 aromatic carbocycles. The van der Waals surface area contributed by atoms with Crippen molar-refractivity contribution >= 4 is 11.6 Å². The van der Waals surface area contributed by atoms with Crippen molar-refractivity contribution in [3.8, 4) is 0 Å². The third-order valence-electron chi connectivity index (χ3n) is 4.18. The first kappa shape index (κ1) is 14.8. The van der Waals surface area contributed by atoms with E-state index in [0.29, 0.717) is 18.5 Å². The molecule has 1 heterocycles. The molecule has 112 valence electrons. The first-order valence-electron chi connectivity index (χ1n) is 7.01. The lowest BCUT2D eigenvalue weighted by Crippen LogP contribution is -2.46. The van der Waals surface area contributed by atoms with E-state index in [-0.39, 0.29) is 23.6 Å². The maximum atomic E-state index is 12.0. The number of aliphatic hydroxyl groups is 1. The number of rotatable bonds is 3. The number of nitrogens with two attached hydrogens (primary N) is 1. The lowest BCUT2D eigenvalue weighted by molar-refractivity contribution is -0.0233. The van der Waals surface area contributed by atoms with Gasteiger partial charge in [0.1, 0.15) is 0 Å². The molecular formula is C14H24N4O2. The van der Waals surface area contributed by atoms with Crippen molar-refractivity contribution in [2.75, 3.05) is 12.3 Å². The molecule has 6 nitrogen and oxygen atoms in total. The lowest BCUT2D eigenvalue weighted by atomic mass is 9.71. The number of carbonyl (C=O) groups is 1. The molecule has 2 rings (SSSR count). The summed E-state index contributed by atoms with van der Waals surface area (Å²) < 4.78 is 1.50. The molecule has 1 amide bonds. The number of aryl methyl sites for hydroxylation is 1. The van der Waals surface area contributed by atoms with E-state index in [4.69, 9.17) is 5.73 Å². The van der Waals surface area contributed by atoms with Crippen molar-refractivity contribution in [2.24, 2.45) is 12.5 Å². The summed E-state index contributed by atoms with van der Waals surface area (Å²) in [5.41, 5.74) is 5.75. The van der Waals surface area contributed by atoms with Gasteiger partial charge in [0, 0.05) is 19.8 Å². The largest absolute Gasteiger partial charge is 0.396 e. The molecule has 6 heteroatoms. The second-order valence-corrected chi connectivity index (χ2v) is 6.68. The zero-order valence-corrected chi connectivity index (χ0v) is 12.4. The topological polar surface area (TPSA) is 93.2 Å². The van der Waals surface area contributed by atoms with E-state index < -0.39 is 5.60 Å². The fourth-order valence-electron chi connectivity index (χ4n) is 2.58. The highest BCUT2D eigenvalue weighted by molar-refractivity contribution is 5.97. The normalized spacial score (nSPS) is 20.6. The molecule has 1 aliphatic rings.